The first-order valence-electron chi connectivity index (χ1n) is 14.5. The maximum atomic E-state index is 14.0. The van der Waals surface area contributed by atoms with Gasteiger partial charge in [-0.1, -0.05) is 30.3 Å². The molecule has 13 nitrogen and oxygen atoms in total. The van der Waals surface area contributed by atoms with E-state index in [2.05, 4.69) is 0 Å². The maximum absolute atomic E-state index is 14.0. The molecule has 1 saturated carbocycles. The van der Waals surface area contributed by atoms with Crippen LogP contribution >= 0.6 is 0 Å². The van der Waals surface area contributed by atoms with Crippen LogP contribution in [0.5, 0.6) is 23.0 Å². The lowest BCUT2D eigenvalue weighted by atomic mass is 9.68. The standard InChI is InChI=1S/C34H32O13/c35-17-20-2-1-3-21(11-20)23(12-19-5-7-25(37)27(39)14-19)31(42)46-29-16-33(45,32(43)44)15-28(40)34(29)9-8-22(30(41)47-34)10-18-4-6-24(36)26(38)13-18/h1-7,10-14,28-29,35-40,45H,8-9,15-17H2,(H,43,44)/b22-10+,23-12+/t28-,29-,33-,34+/m1/s1. The fraction of sp³-hybridized carbons (Fsp3) is 0.265. The molecule has 3 aromatic carbocycles. The molecule has 3 aromatic rings. The van der Waals surface area contributed by atoms with Crippen molar-refractivity contribution in [3.8, 4) is 23.0 Å². The van der Waals surface area contributed by atoms with Gasteiger partial charge in [0.1, 0.15) is 12.2 Å². The molecule has 1 aliphatic carbocycles. The summed E-state index contributed by atoms with van der Waals surface area (Å²) in [6, 6.07) is 13.9. The van der Waals surface area contributed by atoms with Crippen molar-refractivity contribution in [2.75, 3.05) is 0 Å². The lowest BCUT2D eigenvalue weighted by Gasteiger charge is -2.51. The summed E-state index contributed by atoms with van der Waals surface area (Å²) in [6.45, 7) is -0.366. The number of carboxylic acids is 1. The van der Waals surface area contributed by atoms with Gasteiger partial charge in [0.05, 0.1) is 12.2 Å². The fourth-order valence-electron chi connectivity index (χ4n) is 5.82. The molecule has 13 heteroatoms. The summed E-state index contributed by atoms with van der Waals surface area (Å²) in [5.74, 6) is -5.35. The molecule has 47 heavy (non-hydrogen) atoms. The van der Waals surface area contributed by atoms with Crippen LogP contribution in [0.1, 0.15) is 47.9 Å². The molecule has 5 rings (SSSR count). The molecule has 1 aliphatic heterocycles. The van der Waals surface area contributed by atoms with E-state index in [9.17, 15) is 55.2 Å². The highest BCUT2D eigenvalue weighted by Crippen LogP contribution is 2.46. The molecular formula is C34H32O13. The summed E-state index contributed by atoms with van der Waals surface area (Å²) in [7, 11) is 0. The van der Waals surface area contributed by atoms with Crippen LogP contribution in [-0.2, 0) is 30.5 Å². The SMILES string of the molecule is O=C1O[C@@]2(CC/C1=C\c1ccc(O)c(O)c1)[C@H](O)C[C@](O)(C(=O)O)C[C@H]2OC(=O)/C(=C/c1ccc(O)c(O)c1)c1cccc(CO)c1. The smallest absolute Gasteiger partial charge is 0.339 e. The van der Waals surface area contributed by atoms with Gasteiger partial charge in [-0.2, -0.15) is 0 Å². The number of ether oxygens (including phenoxy) is 2. The van der Waals surface area contributed by atoms with Crippen LogP contribution in [-0.4, -0.2) is 82.2 Å². The van der Waals surface area contributed by atoms with Crippen molar-refractivity contribution in [3.05, 3.63) is 88.5 Å². The van der Waals surface area contributed by atoms with E-state index in [1.165, 1.54) is 60.7 Å². The molecular weight excluding hydrogens is 616 g/mol. The first kappa shape index (κ1) is 33.0. The number of aromatic hydroxyl groups is 4. The largest absolute Gasteiger partial charge is 0.504 e. The van der Waals surface area contributed by atoms with E-state index in [0.717, 1.165) is 0 Å². The number of carbonyl (C=O) groups excluding carboxylic acids is 2. The van der Waals surface area contributed by atoms with E-state index in [0.29, 0.717) is 11.1 Å². The molecule has 8 N–H and O–H groups in total. The fourth-order valence-corrected chi connectivity index (χ4v) is 5.82. The van der Waals surface area contributed by atoms with Gasteiger partial charge >= 0.3 is 17.9 Å². The Hall–Kier alpha value is -5.37. The summed E-state index contributed by atoms with van der Waals surface area (Å²) in [5.41, 5.74) is -3.25. The maximum Gasteiger partial charge on any atom is 0.339 e. The minimum absolute atomic E-state index is 0.0366. The van der Waals surface area contributed by atoms with Gasteiger partial charge in [-0.3, -0.25) is 0 Å². The van der Waals surface area contributed by atoms with E-state index in [4.69, 9.17) is 9.47 Å². The van der Waals surface area contributed by atoms with Crippen molar-refractivity contribution in [1.29, 1.82) is 0 Å². The second-order valence-electron chi connectivity index (χ2n) is 11.6. The lowest BCUT2D eigenvalue weighted by Crippen LogP contribution is -2.67. The van der Waals surface area contributed by atoms with Crippen LogP contribution in [0.15, 0.2) is 66.2 Å². The Morgan fingerprint density at radius 1 is 0.915 bits per heavy atom. The van der Waals surface area contributed by atoms with Gasteiger partial charge in [0, 0.05) is 18.4 Å². The molecule has 4 atom stereocenters. The van der Waals surface area contributed by atoms with Gasteiger partial charge in [0.2, 0.25) is 0 Å². The van der Waals surface area contributed by atoms with E-state index in [-0.39, 0.29) is 47.5 Å². The number of carboxylic acid groups (broad SMARTS) is 1. The molecule has 1 spiro atoms. The van der Waals surface area contributed by atoms with E-state index in [1.807, 2.05) is 0 Å². The predicted molar refractivity (Wildman–Crippen MR) is 164 cm³/mol. The van der Waals surface area contributed by atoms with Crippen molar-refractivity contribution in [1.82, 2.24) is 0 Å². The summed E-state index contributed by atoms with van der Waals surface area (Å²) < 4.78 is 11.6. The van der Waals surface area contributed by atoms with Crippen LogP contribution in [0.4, 0.5) is 0 Å². The van der Waals surface area contributed by atoms with Gasteiger partial charge in [0.25, 0.3) is 0 Å². The van der Waals surface area contributed by atoms with Crippen LogP contribution in [0.25, 0.3) is 17.7 Å². The minimum Gasteiger partial charge on any atom is -0.504 e. The lowest BCUT2D eigenvalue weighted by molar-refractivity contribution is -0.244. The molecule has 2 fully saturated rings. The Bertz CT molecular complexity index is 1790. The zero-order valence-electron chi connectivity index (χ0n) is 24.7. The summed E-state index contributed by atoms with van der Waals surface area (Å²) in [6.07, 6.45) is -2.39. The second kappa shape index (κ2) is 12.8. The zero-order chi connectivity index (χ0) is 34.1. The van der Waals surface area contributed by atoms with Gasteiger partial charge < -0.3 is 50.3 Å². The Morgan fingerprint density at radius 3 is 2.19 bits per heavy atom. The van der Waals surface area contributed by atoms with Gasteiger partial charge in [0.15, 0.2) is 34.2 Å². The number of hydrogen-bond acceptors (Lipinski definition) is 12. The Morgan fingerprint density at radius 2 is 1.57 bits per heavy atom. The van der Waals surface area contributed by atoms with Crippen molar-refractivity contribution in [2.45, 2.75) is 55.7 Å². The van der Waals surface area contributed by atoms with Crippen molar-refractivity contribution < 1.29 is 64.7 Å². The van der Waals surface area contributed by atoms with Gasteiger partial charge in [-0.15, -0.1) is 0 Å². The number of phenols is 4. The number of carbonyl (C=O) groups is 3. The third kappa shape index (κ3) is 6.63. The number of hydrogen-bond donors (Lipinski definition) is 8. The van der Waals surface area contributed by atoms with Crippen LogP contribution in [0.3, 0.4) is 0 Å². The average molecular weight is 649 g/mol. The highest BCUT2D eigenvalue weighted by Gasteiger charge is 2.62. The van der Waals surface area contributed by atoms with Crippen LogP contribution < -0.4 is 0 Å². The first-order chi connectivity index (χ1) is 22.2. The molecule has 0 radical (unpaired) electrons. The quantitative estimate of drug-likeness (QED) is 0.0798. The average Bonchev–Trinajstić information content (AvgIpc) is 3.03. The van der Waals surface area contributed by atoms with Gasteiger partial charge in [-0.25, -0.2) is 14.4 Å². The summed E-state index contributed by atoms with van der Waals surface area (Å²) >= 11 is 0. The first-order valence-corrected chi connectivity index (χ1v) is 14.5. The zero-order valence-corrected chi connectivity index (χ0v) is 24.7. The molecule has 2 aliphatic rings. The van der Waals surface area contributed by atoms with E-state index in [1.54, 1.807) is 12.1 Å². The summed E-state index contributed by atoms with van der Waals surface area (Å²) in [5, 5.41) is 80.9. The normalized spacial score (nSPS) is 25.4. The van der Waals surface area contributed by atoms with Gasteiger partial charge in [-0.05, 0) is 77.6 Å². The summed E-state index contributed by atoms with van der Waals surface area (Å²) in [4.78, 5) is 39.4. The molecule has 0 bridgehead atoms. The highest BCUT2D eigenvalue weighted by molar-refractivity contribution is 6.21. The third-order valence-electron chi connectivity index (χ3n) is 8.43. The van der Waals surface area contributed by atoms with Crippen molar-refractivity contribution in [2.24, 2.45) is 0 Å². The molecule has 1 heterocycles. The second-order valence-corrected chi connectivity index (χ2v) is 11.6. The topological polar surface area (TPSA) is 232 Å². The van der Waals surface area contributed by atoms with Crippen LogP contribution in [0.2, 0.25) is 0 Å². The molecule has 1 saturated heterocycles. The third-order valence-corrected chi connectivity index (χ3v) is 8.43. The Kier molecular flexibility index (Phi) is 8.98. The number of phenolic OH excluding ortho intramolecular Hbond substituents is 4. The Labute approximate surface area is 267 Å². The van der Waals surface area contributed by atoms with E-state index < -0.39 is 71.4 Å². The van der Waals surface area contributed by atoms with E-state index >= 15 is 0 Å². The Balaban J connectivity index is 1.53. The molecule has 246 valence electrons. The monoisotopic (exact) mass is 648 g/mol. The molecule has 0 aromatic heterocycles. The highest BCUT2D eigenvalue weighted by atomic mass is 16.6. The number of aliphatic hydroxyl groups excluding tert-OH is 2. The number of benzene rings is 3. The molecule has 0 unspecified atom stereocenters. The van der Waals surface area contributed by atoms with Crippen molar-refractivity contribution >= 4 is 35.6 Å². The number of aliphatic hydroxyl groups is 3. The molecule has 0 amide bonds. The van der Waals surface area contributed by atoms with Crippen molar-refractivity contribution in [3.63, 3.8) is 0 Å². The predicted octanol–water partition coefficient (Wildman–Crippen LogP) is 2.58. The number of esters is 2. The van der Waals surface area contributed by atoms with Crippen LogP contribution in [0, 0.1) is 0 Å². The number of rotatable bonds is 7. The number of aliphatic carboxylic acids is 1. The minimum atomic E-state index is -2.55.